The number of sulfonamides is 1. The normalized spacial score (nSPS) is 21.1. The van der Waals surface area contributed by atoms with Crippen LogP contribution in [-0.4, -0.2) is 69.2 Å². The largest absolute Gasteiger partial charge is 0.356 e. The number of thioether (sulfide) groups is 1. The smallest absolute Gasteiger partial charge is 0.215 e. The van der Waals surface area contributed by atoms with Crippen LogP contribution in [0.15, 0.2) is 4.99 Å². The van der Waals surface area contributed by atoms with Gasteiger partial charge in [-0.05, 0) is 18.8 Å². The molecule has 1 saturated heterocycles. The molecule has 0 unspecified atom stereocenters. The number of hydrogen-bond acceptors (Lipinski definition) is 4. The van der Waals surface area contributed by atoms with Crippen LogP contribution in [0.1, 0.15) is 32.1 Å². The maximum Gasteiger partial charge on any atom is 0.215 e. The van der Waals surface area contributed by atoms with Gasteiger partial charge < -0.3 is 10.6 Å². The topological polar surface area (TPSA) is 73.8 Å². The molecule has 2 rings (SSSR count). The van der Waals surface area contributed by atoms with Crippen LogP contribution < -0.4 is 10.6 Å². The number of hydrogen-bond donors (Lipinski definition) is 2. The van der Waals surface area contributed by atoms with Crippen LogP contribution in [0.3, 0.4) is 0 Å². The maximum absolute atomic E-state index is 12.3. The standard InChI is InChI=1S/C15H30N4O2S2.HI/c1-16-15(18-13-14-5-3-2-4-6-14)17-7-12-23(20,21)19-8-10-22-11-9-19;/h14H,2-13H2,1H3,(H2,16,17,18);1H. The quantitative estimate of drug-likeness (QED) is 0.337. The lowest BCUT2D eigenvalue weighted by atomic mass is 9.89. The predicted octanol–water partition coefficient (Wildman–Crippen LogP) is 1.73. The summed E-state index contributed by atoms with van der Waals surface area (Å²) in [7, 11) is -1.42. The average molecular weight is 490 g/mol. The third-order valence-electron chi connectivity index (χ3n) is 4.52. The molecule has 1 aliphatic heterocycles. The molecule has 0 aromatic rings. The molecule has 6 nitrogen and oxygen atoms in total. The highest BCUT2D eigenvalue weighted by atomic mass is 127. The highest BCUT2D eigenvalue weighted by Crippen LogP contribution is 2.22. The molecule has 0 radical (unpaired) electrons. The molecule has 0 aromatic heterocycles. The molecule has 1 heterocycles. The molecule has 0 amide bonds. The predicted molar refractivity (Wildman–Crippen MR) is 114 cm³/mol. The number of nitrogens with zero attached hydrogens (tertiary/aromatic N) is 2. The van der Waals surface area contributed by atoms with Crippen molar-refractivity contribution >= 4 is 51.7 Å². The first-order chi connectivity index (χ1) is 11.1. The summed E-state index contributed by atoms with van der Waals surface area (Å²) in [4.78, 5) is 4.19. The monoisotopic (exact) mass is 490 g/mol. The van der Waals surface area contributed by atoms with Crippen molar-refractivity contribution in [3.8, 4) is 0 Å². The van der Waals surface area contributed by atoms with Gasteiger partial charge in [0.1, 0.15) is 0 Å². The van der Waals surface area contributed by atoms with E-state index < -0.39 is 10.0 Å². The Kier molecular flexibility index (Phi) is 11.0. The van der Waals surface area contributed by atoms with E-state index in [0.717, 1.165) is 24.0 Å². The Balaban J connectivity index is 0.00000288. The fourth-order valence-corrected chi connectivity index (χ4v) is 5.60. The zero-order valence-electron chi connectivity index (χ0n) is 14.5. The van der Waals surface area contributed by atoms with E-state index >= 15 is 0 Å². The van der Waals surface area contributed by atoms with Crippen LogP contribution in [-0.2, 0) is 10.0 Å². The summed E-state index contributed by atoms with van der Waals surface area (Å²) in [6, 6.07) is 0. The minimum atomic E-state index is -3.15. The van der Waals surface area contributed by atoms with Crippen molar-refractivity contribution in [2.75, 3.05) is 50.5 Å². The highest BCUT2D eigenvalue weighted by Gasteiger charge is 2.23. The molecule has 1 saturated carbocycles. The van der Waals surface area contributed by atoms with Crippen LogP contribution in [0, 0.1) is 5.92 Å². The van der Waals surface area contributed by atoms with E-state index in [1.165, 1.54) is 32.1 Å². The van der Waals surface area contributed by atoms with Crippen molar-refractivity contribution in [2.24, 2.45) is 10.9 Å². The minimum absolute atomic E-state index is 0. The third kappa shape index (κ3) is 7.65. The fraction of sp³-hybridized carbons (Fsp3) is 0.933. The first kappa shape index (κ1) is 22.3. The number of nitrogens with one attached hydrogen (secondary N) is 2. The molecule has 9 heteroatoms. The summed E-state index contributed by atoms with van der Waals surface area (Å²) in [5, 5.41) is 6.46. The lowest BCUT2D eigenvalue weighted by Crippen LogP contribution is -2.45. The van der Waals surface area contributed by atoms with Gasteiger partial charge in [-0.2, -0.15) is 11.8 Å². The minimum Gasteiger partial charge on any atom is -0.356 e. The Morgan fingerprint density at radius 2 is 1.83 bits per heavy atom. The highest BCUT2D eigenvalue weighted by molar-refractivity contribution is 14.0. The second kappa shape index (κ2) is 11.8. The summed E-state index contributed by atoms with van der Waals surface area (Å²) in [5.41, 5.74) is 0. The van der Waals surface area contributed by atoms with E-state index in [0.29, 0.717) is 25.6 Å². The van der Waals surface area contributed by atoms with Crippen molar-refractivity contribution in [3.63, 3.8) is 0 Å². The van der Waals surface area contributed by atoms with Gasteiger partial charge >= 0.3 is 0 Å². The van der Waals surface area contributed by atoms with Gasteiger partial charge in [0.05, 0.1) is 5.75 Å². The molecular weight excluding hydrogens is 459 g/mol. The molecule has 2 fully saturated rings. The van der Waals surface area contributed by atoms with Crippen LogP contribution in [0.25, 0.3) is 0 Å². The Morgan fingerprint density at radius 1 is 1.17 bits per heavy atom. The molecule has 2 N–H and O–H groups in total. The van der Waals surface area contributed by atoms with E-state index in [4.69, 9.17) is 0 Å². The maximum atomic E-state index is 12.3. The molecular formula is C15H31IN4O2S2. The number of halogens is 1. The van der Waals surface area contributed by atoms with Crippen LogP contribution >= 0.6 is 35.7 Å². The zero-order chi connectivity index (χ0) is 16.5. The first-order valence-corrected chi connectivity index (χ1v) is 11.4. The van der Waals surface area contributed by atoms with Gasteiger partial charge in [-0.1, -0.05) is 19.3 Å². The van der Waals surface area contributed by atoms with Crippen molar-refractivity contribution in [1.82, 2.24) is 14.9 Å². The van der Waals surface area contributed by atoms with Gasteiger partial charge in [0, 0.05) is 44.7 Å². The van der Waals surface area contributed by atoms with E-state index in [1.807, 2.05) is 11.8 Å². The SMILES string of the molecule is CN=C(NCCS(=O)(=O)N1CCSCC1)NCC1CCCCC1.I. The van der Waals surface area contributed by atoms with Gasteiger partial charge in [-0.25, -0.2) is 12.7 Å². The fourth-order valence-electron chi connectivity index (χ4n) is 3.11. The van der Waals surface area contributed by atoms with Gasteiger partial charge in [-0.15, -0.1) is 24.0 Å². The Morgan fingerprint density at radius 3 is 2.46 bits per heavy atom. The van der Waals surface area contributed by atoms with Crippen molar-refractivity contribution in [3.05, 3.63) is 0 Å². The third-order valence-corrected chi connectivity index (χ3v) is 7.34. The van der Waals surface area contributed by atoms with Gasteiger partial charge in [0.25, 0.3) is 0 Å². The molecule has 1 aliphatic carbocycles. The second-order valence-electron chi connectivity index (χ2n) is 6.21. The van der Waals surface area contributed by atoms with Gasteiger partial charge in [0.15, 0.2) is 5.96 Å². The second-order valence-corrected chi connectivity index (χ2v) is 9.52. The number of aliphatic imine (C=N–C) groups is 1. The summed E-state index contributed by atoms with van der Waals surface area (Å²) in [6.45, 7) is 2.61. The van der Waals surface area contributed by atoms with Gasteiger partial charge in [0.2, 0.25) is 10.0 Å². The molecule has 0 bridgehead atoms. The van der Waals surface area contributed by atoms with E-state index in [-0.39, 0.29) is 29.7 Å². The molecule has 142 valence electrons. The lowest BCUT2D eigenvalue weighted by molar-refractivity contribution is 0.356. The van der Waals surface area contributed by atoms with Crippen molar-refractivity contribution in [1.29, 1.82) is 0 Å². The average Bonchev–Trinajstić information content (AvgIpc) is 2.59. The summed E-state index contributed by atoms with van der Waals surface area (Å²) < 4.78 is 26.2. The van der Waals surface area contributed by atoms with Crippen LogP contribution in [0.4, 0.5) is 0 Å². The van der Waals surface area contributed by atoms with Crippen molar-refractivity contribution < 1.29 is 8.42 Å². The molecule has 2 aliphatic rings. The summed E-state index contributed by atoms with van der Waals surface area (Å²) >= 11 is 1.82. The van der Waals surface area contributed by atoms with Crippen molar-refractivity contribution in [2.45, 2.75) is 32.1 Å². The van der Waals surface area contributed by atoms with E-state index in [2.05, 4.69) is 15.6 Å². The zero-order valence-corrected chi connectivity index (χ0v) is 18.5. The number of rotatable bonds is 6. The van der Waals surface area contributed by atoms with Crippen LogP contribution in [0.2, 0.25) is 0 Å². The summed E-state index contributed by atoms with van der Waals surface area (Å²) in [6.07, 6.45) is 6.57. The summed E-state index contributed by atoms with van der Waals surface area (Å²) in [5.74, 6) is 3.35. The van der Waals surface area contributed by atoms with E-state index in [1.54, 1.807) is 11.4 Å². The number of guanidine groups is 1. The lowest BCUT2D eigenvalue weighted by Gasteiger charge is -2.26. The molecule has 24 heavy (non-hydrogen) atoms. The Bertz CT molecular complexity index is 476. The molecule has 0 spiro atoms. The Hall–Kier alpha value is 0.260. The molecule has 0 aromatic carbocycles. The van der Waals surface area contributed by atoms with Gasteiger partial charge in [-0.3, -0.25) is 4.99 Å². The Labute approximate surface area is 168 Å². The first-order valence-electron chi connectivity index (χ1n) is 8.62. The van der Waals surface area contributed by atoms with Crippen LogP contribution in [0.5, 0.6) is 0 Å². The van der Waals surface area contributed by atoms with E-state index in [9.17, 15) is 8.42 Å². The molecule has 0 atom stereocenters.